The van der Waals surface area contributed by atoms with E-state index in [9.17, 15) is 47.2 Å². The number of nitrogens with one attached hydrogen (secondary N) is 4. The van der Waals surface area contributed by atoms with Crippen LogP contribution in [0.25, 0.3) is 0 Å². The topological polar surface area (TPSA) is 273 Å². The number of hydrogen-bond donors (Lipinski definition) is 6. The molecule has 0 amide bonds. The molecule has 18 nitrogen and oxygen atoms in total. The van der Waals surface area contributed by atoms with Crippen molar-refractivity contribution in [2.45, 2.75) is 102 Å². The van der Waals surface area contributed by atoms with Gasteiger partial charge in [0.05, 0.1) is 21.2 Å². The van der Waals surface area contributed by atoms with Gasteiger partial charge in [0, 0.05) is 37.3 Å². The molecular weight excluding hydrogens is 837 g/mol. The third-order valence-corrected chi connectivity index (χ3v) is 13.8. The monoisotopic (exact) mass is 888 g/mol. The molecule has 2 aromatic heterocycles. The van der Waals surface area contributed by atoms with E-state index in [0.29, 0.717) is 24.9 Å². The second-order valence-electron chi connectivity index (χ2n) is 15.3. The number of nitriles is 2. The van der Waals surface area contributed by atoms with Gasteiger partial charge in [-0.2, -0.15) is 15.6 Å². The first-order chi connectivity index (χ1) is 29.6. The predicted molar refractivity (Wildman–Crippen MR) is 234 cm³/mol. The molecule has 0 saturated heterocycles. The van der Waals surface area contributed by atoms with E-state index in [4.69, 9.17) is 0 Å². The Balaban J connectivity index is 1.14. The largest absolute Gasteiger partial charge is 0.493 e. The highest BCUT2D eigenvalue weighted by Crippen LogP contribution is 2.31. The van der Waals surface area contributed by atoms with Gasteiger partial charge >= 0.3 is 0 Å². The number of benzene rings is 2. The van der Waals surface area contributed by atoms with Crippen LogP contribution in [0.4, 0.5) is 22.7 Å². The summed E-state index contributed by atoms with van der Waals surface area (Å²) in [5.41, 5.74) is 5.65. The molecule has 0 spiro atoms. The number of aromatic nitrogens is 2. The summed E-state index contributed by atoms with van der Waals surface area (Å²) in [5.74, 6) is -0.847. The normalized spacial score (nSPS) is 15.6. The van der Waals surface area contributed by atoms with Gasteiger partial charge < -0.3 is 15.6 Å². The molecule has 1 saturated carbocycles. The molecule has 1 fully saturated rings. The van der Waals surface area contributed by atoms with Crippen molar-refractivity contribution in [1.82, 2.24) is 18.6 Å². The molecule has 2 aromatic carbocycles. The molecule has 0 bridgehead atoms. The summed E-state index contributed by atoms with van der Waals surface area (Å²) in [6.07, 6.45) is 5.71. The minimum atomic E-state index is -3.91. The van der Waals surface area contributed by atoms with Crippen LogP contribution in [0.2, 0.25) is 0 Å². The number of pyridine rings is 2. The van der Waals surface area contributed by atoms with Crippen molar-refractivity contribution in [3.63, 3.8) is 0 Å². The number of unbranched alkanes of at least 4 members (excludes halogenated alkanes) is 2. The fraction of sp³-hybridized carbons (Fsp3) is 0.429. The Hall–Kier alpha value is -6.06. The molecule has 0 aliphatic heterocycles. The quantitative estimate of drug-likeness (QED) is 0.0447. The number of aromatic hydroxyl groups is 2. The van der Waals surface area contributed by atoms with E-state index in [2.05, 4.69) is 30.5 Å². The second kappa shape index (κ2) is 20.7. The zero-order valence-corrected chi connectivity index (χ0v) is 36.7. The van der Waals surface area contributed by atoms with Crippen LogP contribution in [0.1, 0.15) is 87.5 Å². The molecule has 2 unspecified atom stereocenters. The zero-order chi connectivity index (χ0) is 45.2. The van der Waals surface area contributed by atoms with Gasteiger partial charge in [-0.15, -0.1) is 5.11 Å². The predicted octanol–water partition coefficient (Wildman–Crippen LogP) is 6.30. The van der Waals surface area contributed by atoms with E-state index in [0.717, 1.165) is 41.2 Å². The van der Waals surface area contributed by atoms with Crippen molar-refractivity contribution in [2.24, 2.45) is 22.1 Å². The molecule has 2 heterocycles. The molecule has 2 atom stereocenters. The first-order valence-corrected chi connectivity index (χ1v) is 23.4. The smallest absolute Gasteiger partial charge is 0.281 e. The van der Waals surface area contributed by atoms with Gasteiger partial charge in [0.2, 0.25) is 31.8 Å². The molecule has 62 heavy (non-hydrogen) atoms. The molecule has 20 heteroatoms. The first kappa shape index (κ1) is 47.0. The summed E-state index contributed by atoms with van der Waals surface area (Å²) in [4.78, 5) is 26.2. The number of hydrogen-bond acceptors (Lipinski definition) is 14. The summed E-state index contributed by atoms with van der Waals surface area (Å²) in [6, 6.07) is 15.3. The van der Waals surface area contributed by atoms with E-state index in [1.54, 1.807) is 6.92 Å². The van der Waals surface area contributed by atoms with E-state index in [-0.39, 0.29) is 93.0 Å². The van der Waals surface area contributed by atoms with Gasteiger partial charge in [0.1, 0.15) is 29.0 Å². The Bertz CT molecular complexity index is 2720. The lowest BCUT2D eigenvalue weighted by Crippen LogP contribution is -2.35. The number of anilines is 2. The van der Waals surface area contributed by atoms with E-state index < -0.39 is 37.0 Å². The Labute approximate surface area is 361 Å². The Morgan fingerprint density at radius 2 is 1.19 bits per heavy atom. The molecule has 0 radical (unpaired) electrons. The van der Waals surface area contributed by atoms with Gasteiger partial charge in [-0.3, -0.25) is 24.1 Å². The van der Waals surface area contributed by atoms with Gasteiger partial charge in [-0.25, -0.2) is 26.3 Å². The fourth-order valence-electron chi connectivity index (χ4n) is 7.25. The average Bonchev–Trinajstić information content (AvgIpc) is 3.25. The fourth-order valence-corrected chi connectivity index (χ4v) is 9.48. The van der Waals surface area contributed by atoms with Crippen LogP contribution < -0.4 is 31.4 Å². The standard InChI is InChI=1S/C42H52N10O8S2/c1-5-7-20-51-39(53)35(23-43)27(3)37(41(51)55)49-47-31-12-16-33(17-13-31)61(57,58)45-25-29-10-9-11-30(22-29)26-46-62(59,60)34-18-14-32(15-19-34)48-50-38-28(4)36(24-44)40(54)52(42(38)56)21-8-6-2/h12-19,29-30,45-47,49,53-54H,5-11,20-22,25-26H2,1-4H3. The maximum absolute atomic E-state index is 13.2. The van der Waals surface area contributed by atoms with Crippen molar-refractivity contribution >= 4 is 42.8 Å². The molecular formula is C42H52N10O8S2. The summed E-state index contributed by atoms with van der Waals surface area (Å²) < 4.78 is 60.6. The van der Waals surface area contributed by atoms with Crippen LogP contribution in [0.15, 0.2) is 78.1 Å². The number of hydrazine groups is 1. The molecule has 6 N–H and O–H groups in total. The minimum absolute atomic E-state index is 0.00243. The van der Waals surface area contributed by atoms with Gasteiger partial charge in [0.25, 0.3) is 11.1 Å². The maximum atomic E-state index is 13.2. The Morgan fingerprint density at radius 3 is 1.69 bits per heavy atom. The SMILES string of the molecule is CCCCn1c(O)c(C#N)c(C)c(N=Nc2ccc(S(=O)(=O)NCC3CCCC(CNS(=O)(=O)c4ccc(NNc5c(C)c(C#N)c(O)n(CCCC)c5=O)cc4)C3)cc2)c1=O. The number of rotatable bonds is 19. The maximum Gasteiger partial charge on any atom is 0.281 e. The lowest BCUT2D eigenvalue weighted by molar-refractivity contribution is 0.268. The van der Waals surface area contributed by atoms with Crippen molar-refractivity contribution in [1.29, 1.82) is 10.5 Å². The van der Waals surface area contributed by atoms with Gasteiger partial charge in [0.15, 0.2) is 5.69 Å². The highest BCUT2D eigenvalue weighted by Gasteiger charge is 2.26. The van der Waals surface area contributed by atoms with E-state index in [1.807, 2.05) is 26.0 Å². The molecule has 5 rings (SSSR count). The molecule has 1 aliphatic carbocycles. The molecule has 1 aliphatic rings. The average molecular weight is 889 g/mol. The van der Waals surface area contributed by atoms with Crippen molar-refractivity contribution < 1.29 is 27.0 Å². The van der Waals surface area contributed by atoms with Crippen molar-refractivity contribution in [2.75, 3.05) is 23.9 Å². The van der Waals surface area contributed by atoms with Crippen molar-refractivity contribution in [3.05, 3.63) is 91.5 Å². The lowest BCUT2D eigenvalue weighted by Gasteiger charge is -2.29. The van der Waals surface area contributed by atoms with Gasteiger partial charge in [-0.1, -0.05) is 33.1 Å². The first-order valence-electron chi connectivity index (χ1n) is 20.4. The minimum Gasteiger partial charge on any atom is -0.493 e. The van der Waals surface area contributed by atoms with Crippen LogP contribution in [-0.4, -0.2) is 49.3 Å². The highest BCUT2D eigenvalue weighted by atomic mass is 32.2. The third kappa shape index (κ3) is 10.9. The van der Waals surface area contributed by atoms with Crippen LogP contribution >= 0.6 is 0 Å². The summed E-state index contributed by atoms with van der Waals surface area (Å²) in [6.45, 7) is 7.69. The number of azo groups is 1. The van der Waals surface area contributed by atoms with Crippen LogP contribution in [0.3, 0.4) is 0 Å². The van der Waals surface area contributed by atoms with E-state index in [1.165, 1.54) is 55.5 Å². The van der Waals surface area contributed by atoms with E-state index >= 15 is 0 Å². The summed E-state index contributed by atoms with van der Waals surface area (Å²) >= 11 is 0. The van der Waals surface area contributed by atoms with Crippen LogP contribution in [0.5, 0.6) is 11.8 Å². The highest BCUT2D eigenvalue weighted by molar-refractivity contribution is 7.89. The lowest BCUT2D eigenvalue weighted by atomic mass is 9.81. The second-order valence-corrected chi connectivity index (χ2v) is 18.8. The third-order valence-electron chi connectivity index (χ3n) is 11.0. The Kier molecular flexibility index (Phi) is 15.7. The van der Waals surface area contributed by atoms with Gasteiger partial charge in [-0.05, 0) is 106 Å². The summed E-state index contributed by atoms with van der Waals surface area (Å²) in [5, 5.41) is 48.3. The summed E-state index contributed by atoms with van der Waals surface area (Å²) in [7, 11) is -7.81. The van der Waals surface area contributed by atoms with Crippen LogP contribution in [-0.2, 0) is 33.1 Å². The molecule has 330 valence electrons. The Morgan fingerprint density at radius 1 is 0.710 bits per heavy atom. The van der Waals surface area contributed by atoms with Crippen LogP contribution in [0, 0.1) is 48.3 Å². The zero-order valence-electron chi connectivity index (χ0n) is 35.1. The van der Waals surface area contributed by atoms with Crippen molar-refractivity contribution in [3.8, 4) is 23.9 Å². The molecule has 4 aromatic rings. The number of nitrogens with zero attached hydrogens (tertiary/aromatic N) is 6. The number of sulfonamides is 2.